The summed E-state index contributed by atoms with van der Waals surface area (Å²) < 4.78 is 12.0. The van der Waals surface area contributed by atoms with Crippen LogP contribution < -0.4 is 9.47 Å². The summed E-state index contributed by atoms with van der Waals surface area (Å²) in [4.78, 5) is 13.3. The van der Waals surface area contributed by atoms with Crippen molar-refractivity contribution in [2.75, 3.05) is 6.61 Å². The van der Waals surface area contributed by atoms with Gasteiger partial charge in [-0.25, -0.2) is 0 Å². The summed E-state index contributed by atoms with van der Waals surface area (Å²) >= 11 is 0. The predicted octanol–water partition coefficient (Wildman–Crippen LogP) is 2.11. The van der Waals surface area contributed by atoms with Crippen molar-refractivity contribution in [1.82, 2.24) is 0 Å². The Labute approximate surface area is 234 Å². The maximum atomic E-state index is 13.3. The molecule has 216 valence electrons. The van der Waals surface area contributed by atoms with E-state index in [0.717, 1.165) is 6.07 Å². The third-order valence-corrected chi connectivity index (χ3v) is 7.49. The molecule has 3 unspecified atom stereocenters. The third kappa shape index (κ3) is 5.22. The minimum Gasteiger partial charge on any atom is -0.508 e. The van der Waals surface area contributed by atoms with Crippen molar-refractivity contribution in [2.24, 2.45) is 0 Å². The molecule has 3 aliphatic rings. The van der Waals surface area contributed by atoms with E-state index in [1.165, 1.54) is 30.4 Å². The Bertz CT molecular complexity index is 1520. The number of carbonyl (C=O) groups excluding carboxylic acids is 1. The summed E-state index contributed by atoms with van der Waals surface area (Å²) in [6.45, 7) is 2.94. The van der Waals surface area contributed by atoms with E-state index in [1.807, 2.05) is 0 Å². The number of fused-ring (bicyclic) bond motifs is 2. The number of aliphatic hydroxyl groups is 4. The summed E-state index contributed by atoms with van der Waals surface area (Å²) in [6.07, 6.45) is -1.62. The highest BCUT2D eigenvalue weighted by Gasteiger charge is 2.39. The van der Waals surface area contributed by atoms with Crippen LogP contribution in [0.4, 0.5) is 0 Å². The van der Waals surface area contributed by atoms with Crippen molar-refractivity contribution in [2.45, 2.75) is 50.1 Å². The third-order valence-electron chi connectivity index (χ3n) is 7.49. The molecule has 8 N–H and O–H groups in total. The molecule has 0 bridgehead atoms. The van der Waals surface area contributed by atoms with Crippen molar-refractivity contribution in [1.29, 1.82) is 0 Å². The number of ether oxygens (including phenoxy) is 2. The van der Waals surface area contributed by atoms with Gasteiger partial charge in [0.1, 0.15) is 52.5 Å². The molecule has 2 aromatic rings. The summed E-state index contributed by atoms with van der Waals surface area (Å²) in [5.74, 6) is -2.11. The van der Waals surface area contributed by atoms with Crippen molar-refractivity contribution in [3.8, 4) is 34.5 Å². The van der Waals surface area contributed by atoms with Gasteiger partial charge in [0.15, 0.2) is 11.9 Å². The average molecular weight is 567 g/mol. The average Bonchev–Trinajstić information content (AvgIpc) is 3.03. The van der Waals surface area contributed by atoms with Crippen LogP contribution in [0.2, 0.25) is 0 Å². The van der Waals surface area contributed by atoms with Crippen LogP contribution in [0.25, 0.3) is 0 Å². The molecule has 0 spiro atoms. The predicted molar refractivity (Wildman–Crippen MR) is 144 cm³/mol. The summed E-state index contributed by atoms with van der Waals surface area (Å²) in [7, 11) is 0. The molecule has 11 nitrogen and oxygen atoms in total. The van der Waals surface area contributed by atoms with E-state index in [4.69, 9.17) is 9.47 Å². The normalized spacial score (nSPS) is 24.4. The molecular formula is C30H30O11. The lowest BCUT2D eigenvalue weighted by molar-refractivity contribution is -0.123. The van der Waals surface area contributed by atoms with Crippen LogP contribution in [0, 0.1) is 0 Å². The number of phenols is 4. The zero-order chi connectivity index (χ0) is 29.6. The molecular weight excluding hydrogens is 536 g/mol. The lowest BCUT2D eigenvalue weighted by Crippen LogP contribution is -2.40. The van der Waals surface area contributed by atoms with Crippen molar-refractivity contribution in [3.05, 3.63) is 82.2 Å². The second-order valence-electron chi connectivity index (χ2n) is 10.2. The van der Waals surface area contributed by atoms with Crippen molar-refractivity contribution >= 4 is 5.78 Å². The monoisotopic (exact) mass is 566 g/mol. The first-order valence-corrected chi connectivity index (χ1v) is 13.0. The molecule has 5 rings (SSSR count). The highest BCUT2D eigenvalue weighted by atomic mass is 16.5. The van der Waals surface area contributed by atoms with Crippen LogP contribution in [0.1, 0.15) is 24.0 Å². The number of Topliss-reactive ketones (excluding diaryl/α,β-unsaturated/α-hetero) is 1. The first kappa shape index (κ1) is 28.1. The van der Waals surface area contributed by atoms with E-state index in [2.05, 4.69) is 6.58 Å². The van der Waals surface area contributed by atoms with E-state index in [0.29, 0.717) is 24.0 Å². The minimum absolute atomic E-state index is 0.0214. The van der Waals surface area contributed by atoms with Gasteiger partial charge < -0.3 is 50.3 Å². The van der Waals surface area contributed by atoms with Crippen LogP contribution in [-0.2, 0) is 17.6 Å². The number of ketones is 1. The van der Waals surface area contributed by atoms with Gasteiger partial charge in [-0.1, -0.05) is 18.7 Å². The van der Waals surface area contributed by atoms with Gasteiger partial charge in [0, 0.05) is 53.8 Å². The first-order valence-electron chi connectivity index (χ1n) is 13.0. The number of allylic oxidation sites excluding steroid dienone is 2. The SMILES string of the molecule is C=C(O)C1=C(/C(=C\CO)C2Oc3cc(O)cc(O)c3CC2O)C=C([C@@H]2CCc3c(O)cc(O)cc3O2)CC(O)C1=O. The molecule has 4 atom stereocenters. The van der Waals surface area contributed by atoms with Crippen LogP contribution in [-0.4, -0.2) is 77.7 Å². The number of hydrogen-bond donors (Lipinski definition) is 8. The fourth-order valence-corrected chi connectivity index (χ4v) is 5.61. The largest absolute Gasteiger partial charge is 0.508 e. The zero-order valence-electron chi connectivity index (χ0n) is 21.8. The van der Waals surface area contributed by atoms with Crippen LogP contribution >= 0.6 is 0 Å². The van der Waals surface area contributed by atoms with Gasteiger partial charge in [-0.15, -0.1) is 0 Å². The van der Waals surface area contributed by atoms with Crippen LogP contribution in [0.3, 0.4) is 0 Å². The standard InChI is InChI=1S/C30H30O11/c1-13(32)28-19(17(4-5-31)30-24(38)12-20-22(36)9-16(34)11-27(20)41-30)6-14(7-23(37)29(28)39)25-3-2-18-21(35)8-15(33)10-26(18)40-25/h4,6,8-11,23-25,30-38H,1-3,5,7,12H2/b17-4+/t23?,24?,25-,30?/m0/s1. The van der Waals surface area contributed by atoms with Crippen LogP contribution in [0.5, 0.6) is 34.5 Å². The van der Waals surface area contributed by atoms with E-state index in [9.17, 15) is 45.6 Å². The van der Waals surface area contributed by atoms with Gasteiger partial charge in [-0.05, 0) is 24.0 Å². The molecule has 0 aromatic heterocycles. The molecule has 0 amide bonds. The van der Waals surface area contributed by atoms with Crippen molar-refractivity contribution < 1.29 is 55.1 Å². The summed E-state index contributed by atoms with van der Waals surface area (Å²) in [5, 5.41) is 82.7. The number of aliphatic hydroxyl groups excluding tert-OH is 4. The van der Waals surface area contributed by atoms with Gasteiger partial charge in [-0.3, -0.25) is 4.79 Å². The van der Waals surface area contributed by atoms with Gasteiger partial charge in [-0.2, -0.15) is 0 Å². The second-order valence-corrected chi connectivity index (χ2v) is 10.2. The Kier molecular flexibility index (Phi) is 7.43. The van der Waals surface area contributed by atoms with Gasteiger partial charge in [0.2, 0.25) is 0 Å². The molecule has 0 saturated carbocycles. The Morgan fingerprint density at radius 2 is 1.59 bits per heavy atom. The minimum atomic E-state index is -1.59. The summed E-state index contributed by atoms with van der Waals surface area (Å²) in [6, 6.07) is 4.92. The van der Waals surface area contributed by atoms with E-state index < -0.39 is 42.6 Å². The Morgan fingerprint density at radius 3 is 2.22 bits per heavy atom. The maximum absolute atomic E-state index is 13.3. The number of aromatic hydroxyl groups is 4. The Morgan fingerprint density at radius 1 is 0.951 bits per heavy atom. The smallest absolute Gasteiger partial charge is 0.195 e. The molecule has 2 aromatic carbocycles. The molecule has 2 heterocycles. The molecule has 0 saturated heterocycles. The van der Waals surface area contributed by atoms with Gasteiger partial charge in [0.25, 0.3) is 0 Å². The van der Waals surface area contributed by atoms with E-state index >= 15 is 0 Å². The van der Waals surface area contributed by atoms with E-state index in [-0.39, 0.29) is 69.6 Å². The topological polar surface area (TPSA) is 197 Å². The molecule has 0 radical (unpaired) electrons. The lowest BCUT2D eigenvalue weighted by Gasteiger charge is -2.34. The van der Waals surface area contributed by atoms with Gasteiger partial charge in [0.05, 0.1) is 18.3 Å². The number of hydrogen-bond acceptors (Lipinski definition) is 11. The van der Waals surface area contributed by atoms with E-state index in [1.54, 1.807) is 0 Å². The Balaban J connectivity index is 1.62. The second kappa shape index (κ2) is 10.8. The maximum Gasteiger partial charge on any atom is 0.195 e. The molecule has 41 heavy (non-hydrogen) atoms. The number of carbonyl (C=O) groups is 1. The summed E-state index contributed by atoms with van der Waals surface area (Å²) in [5.41, 5.74) is 0.933. The number of rotatable bonds is 5. The van der Waals surface area contributed by atoms with Crippen molar-refractivity contribution in [3.63, 3.8) is 0 Å². The molecule has 0 fully saturated rings. The first-order chi connectivity index (χ1) is 19.5. The number of phenolic OH excluding ortho intramolecular Hbond substituents is 4. The fourth-order valence-electron chi connectivity index (χ4n) is 5.61. The highest BCUT2D eigenvalue weighted by Crippen LogP contribution is 2.43. The highest BCUT2D eigenvalue weighted by molar-refractivity contribution is 6.04. The fraction of sp³-hybridized carbons (Fsp3) is 0.300. The zero-order valence-corrected chi connectivity index (χ0v) is 21.8. The molecule has 11 heteroatoms. The lowest BCUT2D eigenvalue weighted by atomic mass is 9.86. The molecule has 2 aliphatic heterocycles. The van der Waals surface area contributed by atoms with Crippen LogP contribution in [0.15, 0.2) is 71.0 Å². The molecule has 1 aliphatic carbocycles. The quantitative estimate of drug-likeness (QED) is 0.247. The Hall–Kier alpha value is -4.45. The number of benzene rings is 2. The van der Waals surface area contributed by atoms with Gasteiger partial charge >= 0.3 is 0 Å².